The van der Waals surface area contributed by atoms with Crippen LogP contribution in [0.5, 0.6) is 0 Å². The van der Waals surface area contributed by atoms with Crippen molar-refractivity contribution in [2.75, 3.05) is 5.73 Å². The number of nitrogens with zero attached hydrogens (tertiary/aromatic N) is 4. The smallest absolute Gasteiger partial charge is 0.258 e. The van der Waals surface area contributed by atoms with E-state index in [0.717, 1.165) is 34.0 Å². The molecule has 164 valence electrons. The molecular weight excluding hydrogens is 402 g/mol. The number of nitrogen functional groups attached to an aromatic ring is 1. The summed E-state index contributed by atoms with van der Waals surface area (Å²) in [7, 11) is 0. The lowest BCUT2D eigenvalue weighted by Crippen LogP contribution is -2.42. The molecule has 2 saturated carbocycles. The zero-order valence-corrected chi connectivity index (χ0v) is 18.5. The third kappa shape index (κ3) is 2.80. The fourth-order valence-electron chi connectivity index (χ4n) is 5.28. The number of fused-ring (bicyclic) bond motifs is 2. The van der Waals surface area contributed by atoms with Crippen LogP contribution in [0.15, 0.2) is 47.5 Å². The molecule has 1 aromatic carbocycles. The molecule has 3 aromatic heterocycles. The fourth-order valence-corrected chi connectivity index (χ4v) is 5.28. The Labute approximate surface area is 185 Å². The number of hydrogen-bond donors (Lipinski definition) is 2. The predicted octanol–water partition coefficient (Wildman–Crippen LogP) is 4.05. The molecule has 0 aliphatic heterocycles. The molecule has 0 spiro atoms. The Balaban J connectivity index is 1.52. The first-order chi connectivity index (χ1) is 15.1. The summed E-state index contributed by atoms with van der Waals surface area (Å²) in [5, 5.41) is 17.5. The van der Waals surface area contributed by atoms with Gasteiger partial charge in [0.15, 0.2) is 0 Å². The molecule has 7 heteroatoms. The van der Waals surface area contributed by atoms with Gasteiger partial charge in [-0.2, -0.15) is 5.10 Å². The minimum absolute atomic E-state index is 0.0322. The van der Waals surface area contributed by atoms with Crippen LogP contribution in [-0.4, -0.2) is 30.0 Å². The van der Waals surface area contributed by atoms with Gasteiger partial charge in [0, 0.05) is 29.4 Å². The molecule has 2 aliphatic carbocycles. The number of aliphatic hydroxyl groups is 1. The molecule has 6 rings (SSSR count). The molecule has 0 bridgehead atoms. The number of aromatic nitrogens is 4. The normalized spacial score (nSPS) is 26.4. The Morgan fingerprint density at radius 1 is 1.12 bits per heavy atom. The van der Waals surface area contributed by atoms with Gasteiger partial charge in [0.05, 0.1) is 22.5 Å². The quantitative estimate of drug-likeness (QED) is 0.512. The lowest BCUT2D eigenvalue weighted by Gasteiger charge is -2.41. The number of rotatable bonds is 3. The number of pyridine rings is 2. The Hall–Kier alpha value is -3.19. The minimum atomic E-state index is -0.660. The molecule has 2 fully saturated rings. The summed E-state index contributed by atoms with van der Waals surface area (Å²) in [4.78, 5) is 17.6. The molecule has 3 N–H and O–H groups in total. The zero-order chi connectivity index (χ0) is 22.4. The Bertz CT molecular complexity index is 1450. The van der Waals surface area contributed by atoms with Crippen LogP contribution in [0.25, 0.3) is 32.9 Å². The fraction of sp³-hybridized carbons (Fsp3) is 0.400. The first-order valence-corrected chi connectivity index (χ1v) is 11.1. The van der Waals surface area contributed by atoms with Crippen LogP contribution in [-0.2, 0) is 0 Å². The third-order valence-corrected chi connectivity index (χ3v) is 7.35. The topological polar surface area (TPSA) is 99.0 Å². The molecule has 0 radical (unpaired) electrons. The number of hydrogen-bond acceptors (Lipinski definition) is 5. The Kier molecular flexibility index (Phi) is 3.77. The van der Waals surface area contributed by atoms with Crippen molar-refractivity contribution < 1.29 is 5.11 Å². The highest BCUT2D eigenvalue weighted by Crippen LogP contribution is 2.54. The van der Waals surface area contributed by atoms with E-state index in [4.69, 9.17) is 10.8 Å². The highest BCUT2D eigenvalue weighted by atomic mass is 16.3. The van der Waals surface area contributed by atoms with Gasteiger partial charge < -0.3 is 15.4 Å². The van der Waals surface area contributed by atoms with Gasteiger partial charge in [-0.1, -0.05) is 26.0 Å². The maximum Gasteiger partial charge on any atom is 0.258 e. The SMILES string of the molecule is CC1(O)CC(n2nc(-c3ccc4ccn([C@@H]5CC5(C)C)c(=O)c4c3)c3c(N)nccc32)C1. The van der Waals surface area contributed by atoms with Gasteiger partial charge in [0.2, 0.25) is 0 Å². The molecule has 4 aromatic rings. The van der Waals surface area contributed by atoms with E-state index in [9.17, 15) is 9.90 Å². The van der Waals surface area contributed by atoms with Crippen LogP contribution in [0.3, 0.4) is 0 Å². The van der Waals surface area contributed by atoms with Crippen LogP contribution >= 0.6 is 0 Å². The molecule has 32 heavy (non-hydrogen) atoms. The highest BCUT2D eigenvalue weighted by molar-refractivity contribution is 6.01. The summed E-state index contributed by atoms with van der Waals surface area (Å²) in [6, 6.07) is 10.2. The molecule has 3 heterocycles. The molecule has 0 unspecified atom stereocenters. The second kappa shape index (κ2) is 6.19. The van der Waals surface area contributed by atoms with Crippen molar-refractivity contribution >= 4 is 27.5 Å². The molecule has 2 aliphatic rings. The van der Waals surface area contributed by atoms with E-state index in [0.29, 0.717) is 24.0 Å². The van der Waals surface area contributed by atoms with E-state index >= 15 is 0 Å². The van der Waals surface area contributed by atoms with Gasteiger partial charge in [-0.25, -0.2) is 4.98 Å². The van der Waals surface area contributed by atoms with E-state index in [1.54, 1.807) is 6.20 Å². The minimum Gasteiger partial charge on any atom is -0.390 e. The van der Waals surface area contributed by atoms with Gasteiger partial charge in [-0.3, -0.25) is 9.48 Å². The van der Waals surface area contributed by atoms with E-state index < -0.39 is 5.60 Å². The maximum atomic E-state index is 13.3. The Morgan fingerprint density at radius 3 is 2.56 bits per heavy atom. The van der Waals surface area contributed by atoms with Crippen molar-refractivity contribution in [1.82, 2.24) is 19.3 Å². The summed E-state index contributed by atoms with van der Waals surface area (Å²) >= 11 is 0. The van der Waals surface area contributed by atoms with Crippen molar-refractivity contribution in [2.24, 2.45) is 5.41 Å². The average molecular weight is 430 g/mol. The molecule has 0 amide bonds. The first-order valence-electron chi connectivity index (χ1n) is 11.1. The van der Waals surface area contributed by atoms with E-state index in [1.807, 2.05) is 52.7 Å². The highest BCUT2D eigenvalue weighted by Gasteiger charge is 2.47. The summed E-state index contributed by atoms with van der Waals surface area (Å²) in [6.45, 7) is 6.23. The van der Waals surface area contributed by atoms with Crippen molar-refractivity contribution in [3.63, 3.8) is 0 Å². The summed E-state index contributed by atoms with van der Waals surface area (Å²) in [5.41, 5.74) is 8.29. The van der Waals surface area contributed by atoms with Crippen molar-refractivity contribution in [3.05, 3.63) is 53.1 Å². The molecule has 1 atom stereocenters. The second-order valence-corrected chi connectivity index (χ2v) is 10.5. The lowest BCUT2D eigenvalue weighted by molar-refractivity contribution is -0.0529. The zero-order valence-electron chi connectivity index (χ0n) is 18.5. The van der Waals surface area contributed by atoms with Gasteiger partial charge >= 0.3 is 0 Å². The van der Waals surface area contributed by atoms with Crippen LogP contribution in [0, 0.1) is 5.41 Å². The second-order valence-electron chi connectivity index (χ2n) is 10.5. The summed E-state index contributed by atoms with van der Waals surface area (Å²) in [5.74, 6) is 0.417. The van der Waals surface area contributed by atoms with Gasteiger partial charge in [0.25, 0.3) is 5.56 Å². The molecule has 7 nitrogen and oxygen atoms in total. The van der Waals surface area contributed by atoms with Crippen molar-refractivity contribution in [1.29, 1.82) is 0 Å². The number of benzene rings is 1. The van der Waals surface area contributed by atoms with E-state index in [2.05, 4.69) is 18.8 Å². The van der Waals surface area contributed by atoms with Crippen molar-refractivity contribution in [2.45, 2.75) is 57.7 Å². The number of nitrogens with two attached hydrogens (primary N) is 1. The maximum absolute atomic E-state index is 13.3. The van der Waals surface area contributed by atoms with E-state index in [-0.39, 0.29) is 23.1 Å². The van der Waals surface area contributed by atoms with Crippen LogP contribution < -0.4 is 11.3 Å². The van der Waals surface area contributed by atoms with Crippen LogP contribution in [0.4, 0.5) is 5.82 Å². The average Bonchev–Trinajstić information content (AvgIpc) is 3.17. The van der Waals surface area contributed by atoms with Gasteiger partial charge in [0.1, 0.15) is 11.5 Å². The van der Waals surface area contributed by atoms with Gasteiger partial charge in [-0.15, -0.1) is 0 Å². The molecular formula is C25H27N5O2. The lowest BCUT2D eigenvalue weighted by atomic mass is 9.77. The monoisotopic (exact) mass is 429 g/mol. The van der Waals surface area contributed by atoms with Crippen LogP contribution in [0.2, 0.25) is 0 Å². The summed E-state index contributed by atoms with van der Waals surface area (Å²) < 4.78 is 3.83. The van der Waals surface area contributed by atoms with Crippen LogP contribution in [0.1, 0.15) is 52.1 Å². The van der Waals surface area contributed by atoms with E-state index in [1.165, 1.54) is 0 Å². The summed E-state index contributed by atoms with van der Waals surface area (Å²) in [6.07, 6.45) is 5.90. The number of anilines is 1. The predicted molar refractivity (Wildman–Crippen MR) is 125 cm³/mol. The van der Waals surface area contributed by atoms with Gasteiger partial charge in [-0.05, 0) is 55.2 Å². The Morgan fingerprint density at radius 2 is 1.88 bits per heavy atom. The standard InChI is InChI=1S/C25H27N5O2/c1-24(2)13-19(24)29-9-7-14-4-5-15(10-17(14)23(29)31)21-20-18(6-8-27-22(20)26)30(28-21)16-11-25(3,32)12-16/h4-10,16,19,32H,11-13H2,1-3H3,(H2,26,27)/t16?,19-,25?/m1/s1. The first kappa shape index (κ1) is 19.5. The van der Waals surface area contributed by atoms with Crippen molar-refractivity contribution in [3.8, 4) is 11.3 Å². The third-order valence-electron chi connectivity index (χ3n) is 7.35. The molecule has 0 saturated heterocycles. The largest absolute Gasteiger partial charge is 0.390 e.